The molecule has 0 aliphatic rings. The molecule has 0 atom stereocenters. The molecule has 1 aromatic heterocycles. The summed E-state index contributed by atoms with van der Waals surface area (Å²) in [6.45, 7) is 0.136. The number of amides is 2. The maximum Gasteiger partial charge on any atom is 0.335 e. The molecule has 0 unspecified atom stereocenters. The minimum Gasteiger partial charge on any atom is -0.478 e. The van der Waals surface area contributed by atoms with Crippen LogP contribution in [0.5, 0.6) is 0 Å². The summed E-state index contributed by atoms with van der Waals surface area (Å²) >= 11 is 3.33. The predicted molar refractivity (Wildman–Crippen MR) is 81.2 cm³/mol. The van der Waals surface area contributed by atoms with Crippen LogP contribution in [0.25, 0.3) is 0 Å². The number of pyridine rings is 1. The molecule has 7 heteroatoms. The Labute approximate surface area is 129 Å². The number of carbonyl (C=O) groups excluding carboxylic acids is 1. The fourth-order valence-corrected chi connectivity index (χ4v) is 1.99. The molecule has 0 bridgehead atoms. The molecule has 6 nitrogen and oxygen atoms in total. The van der Waals surface area contributed by atoms with Gasteiger partial charge in [0.15, 0.2) is 0 Å². The first-order valence-corrected chi connectivity index (χ1v) is 6.83. The number of urea groups is 1. The lowest BCUT2D eigenvalue weighted by molar-refractivity contribution is 0.0696. The summed E-state index contributed by atoms with van der Waals surface area (Å²) in [5.74, 6) is -1.03. The fraction of sp³-hybridized carbons (Fsp3) is 0.0714. The molecule has 1 heterocycles. The van der Waals surface area contributed by atoms with Gasteiger partial charge in [-0.1, -0.05) is 12.1 Å². The van der Waals surface area contributed by atoms with E-state index in [1.807, 2.05) is 12.1 Å². The largest absolute Gasteiger partial charge is 0.478 e. The minimum absolute atomic E-state index is 0.132. The van der Waals surface area contributed by atoms with Gasteiger partial charge in [0, 0.05) is 10.7 Å². The van der Waals surface area contributed by atoms with E-state index in [1.54, 1.807) is 12.1 Å². The smallest absolute Gasteiger partial charge is 0.335 e. The average molecular weight is 350 g/mol. The number of nitrogens with one attached hydrogen (secondary N) is 2. The number of carbonyl (C=O) groups is 2. The van der Waals surface area contributed by atoms with Crippen molar-refractivity contribution in [1.29, 1.82) is 0 Å². The van der Waals surface area contributed by atoms with Crippen LogP contribution in [0.2, 0.25) is 0 Å². The summed E-state index contributed by atoms with van der Waals surface area (Å²) in [4.78, 5) is 26.6. The third-order valence-electron chi connectivity index (χ3n) is 2.62. The Kier molecular flexibility index (Phi) is 4.89. The van der Waals surface area contributed by atoms with E-state index in [2.05, 4.69) is 31.5 Å². The van der Waals surface area contributed by atoms with Gasteiger partial charge in [-0.25, -0.2) is 9.59 Å². The number of para-hydroxylation sites is 1. The van der Waals surface area contributed by atoms with Crippen molar-refractivity contribution in [2.24, 2.45) is 0 Å². The van der Waals surface area contributed by atoms with Crippen molar-refractivity contribution in [3.8, 4) is 0 Å². The molecule has 0 fully saturated rings. The van der Waals surface area contributed by atoms with Gasteiger partial charge in [0.05, 0.1) is 23.5 Å². The highest BCUT2D eigenvalue weighted by Crippen LogP contribution is 2.20. The number of aromatic nitrogens is 1. The topological polar surface area (TPSA) is 91.3 Å². The molecular weight excluding hydrogens is 338 g/mol. The van der Waals surface area contributed by atoms with Crippen molar-refractivity contribution in [3.05, 3.63) is 58.3 Å². The molecule has 1 aromatic carbocycles. The predicted octanol–water partition coefficient (Wildman–Crippen LogP) is 2.86. The maximum atomic E-state index is 11.8. The van der Waals surface area contributed by atoms with E-state index < -0.39 is 12.0 Å². The summed E-state index contributed by atoms with van der Waals surface area (Å²) in [6, 6.07) is 9.63. The molecule has 0 spiro atoms. The van der Waals surface area contributed by atoms with Crippen molar-refractivity contribution in [2.75, 3.05) is 5.32 Å². The zero-order valence-corrected chi connectivity index (χ0v) is 12.4. The van der Waals surface area contributed by atoms with Crippen LogP contribution in [0.15, 0.2) is 47.1 Å². The normalized spacial score (nSPS) is 9.95. The first-order valence-electron chi connectivity index (χ1n) is 6.04. The molecule has 21 heavy (non-hydrogen) atoms. The summed E-state index contributed by atoms with van der Waals surface area (Å²) in [6.07, 6.45) is 1.39. The first-order chi connectivity index (χ1) is 10.1. The van der Waals surface area contributed by atoms with E-state index in [9.17, 15) is 9.59 Å². The number of carboxylic acids is 1. The molecular formula is C14H12BrN3O3. The fourth-order valence-electron chi connectivity index (χ4n) is 1.61. The highest BCUT2D eigenvalue weighted by atomic mass is 79.9. The van der Waals surface area contributed by atoms with E-state index in [1.165, 1.54) is 18.3 Å². The van der Waals surface area contributed by atoms with Crippen LogP contribution in [0.4, 0.5) is 10.5 Å². The Hall–Kier alpha value is -2.41. The highest BCUT2D eigenvalue weighted by molar-refractivity contribution is 9.10. The summed E-state index contributed by atoms with van der Waals surface area (Å²) in [5.41, 5.74) is 1.24. The van der Waals surface area contributed by atoms with Gasteiger partial charge < -0.3 is 15.7 Å². The van der Waals surface area contributed by atoms with Crippen LogP contribution in [-0.2, 0) is 6.54 Å². The first kappa shape index (κ1) is 15.0. The van der Waals surface area contributed by atoms with Gasteiger partial charge in [-0.3, -0.25) is 4.98 Å². The monoisotopic (exact) mass is 349 g/mol. The quantitative estimate of drug-likeness (QED) is 0.791. The molecule has 2 amide bonds. The van der Waals surface area contributed by atoms with E-state index in [-0.39, 0.29) is 12.1 Å². The summed E-state index contributed by atoms with van der Waals surface area (Å²) < 4.78 is 0.770. The van der Waals surface area contributed by atoms with Crippen molar-refractivity contribution < 1.29 is 14.7 Å². The SMILES string of the molecule is O=C(NCc1cc(C(=O)O)ccn1)Nc1ccccc1Br. The lowest BCUT2D eigenvalue weighted by atomic mass is 10.2. The lowest BCUT2D eigenvalue weighted by Crippen LogP contribution is -2.28. The van der Waals surface area contributed by atoms with Crippen LogP contribution in [-0.4, -0.2) is 22.1 Å². The third kappa shape index (κ3) is 4.28. The molecule has 108 valence electrons. The number of benzene rings is 1. The van der Waals surface area contributed by atoms with Gasteiger partial charge in [-0.2, -0.15) is 0 Å². The Bertz CT molecular complexity index is 676. The molecule has 0 aliphatic carbocycles. The third-order valence-corrected chi connectivity index (χ3v) is 3.31. The van der Waals surface area contributed by atoms with E-state index in [0.29, 0.717) is 11.4 Å². The minimum atomic E-state index is -1.03. The van der Waals surface area contributed by atoms with E-state index in [4.69, 9.17) is 5.11 Å². The summed E-state index contributed by atoms with van der Waals surface area (Å²) in [7, 11) is 0. The number of hydrogen-bond acceptors (Lipinski definition) is 3. The van der Waals surface area contributed by atoms with Crippen LogP contribution in [0, 0.1) is 0 Å². The van der Waals surface area contributed by atoms with Crippen LogP contribution in [0.1, 0.15) is 16.1 Å². The number of carboxylic acid groups (broad SMARTS) is 1. The van der Waals surface area contributed by atoms with Crippen LogP contribution >= 0.6 is 15.9 Å². The zero-order valence-electron chi connectivity index (χ0n) is 10.8. The Morgan fingerprint density at radius 2 is 2.00 bits per heavy atom. The Morgan fingerprint density at radius 1 is 1.24 bits per heavy atom. The van der Waals surface area contributed by atoms with Gasteiger partial charge >= 0.3 is 12.0 Å². The van der Waals surface area contributed by atoms with Gasteiger partial charge in [-0.15, -0.1) is 0 Å². The second kappa shape index (κ2) is 6.85. The number of aromatic carboxylic acids is 1. The molecule has 2 aromatic rings. The van der Waals surface area contributed by atoms with Gasteiger partial charge in [-0.05, 0) is 40.2 Å². The van der Waals surface area contributed by atoms with Crippen LogP contribution < -0.4 is 10.6 Å². The summed E-state index contributed by atoms with van der Waals surface area (Å²) in [5, 5.41) is 14.2. The highest BCUT2D eigenvalue weighted by Gasteiger charge is 2.07. The van der Waals surface area contributed by atoms with Crippen LogP contribution in [0.3, 0.4) is 0 Å². The molecule has 0 saturated heterocycles. The van der Waals surface area contributed by atoms with Gasteiger partial charge in [0.1, 0.15) is 0 Å². The molecule has 0 aliphatic heterocycles. The average Bonchev–Trinajstić information content (AvgIpc) is 2.48. The molecule has 2 rings (SSSR count). The van der Waals surface area contributed by atoms with E-state index in [0.717, 1.165) is 4.47 Å². The van der Waals surface area contributed by atoms with Crippen molar-refractivity contribution in [3.63, 3.8) is 0 Å². The zero-order chi connectivity index (χ0) is 15.2. The molecule has 3 N–H and O–H groups in total. The maximum absolute atomic E-state index is 11.8. The lowest BCUT2D eigenvalue weighted by Gasteiger charge is -2.09. The van der Waals surface area contributed by atoms with Crippen molar-refractivity contribution >= 4 is 33.6 Å². The molecule has 0 saturated carbocycles. The van der Waals surface area contributed by atoms with Crippen molar-refractivity contribution in [2.45, 2.75) is 6.54 Å². The Morgan fingerprint density at radius 3 is 2.71 bits per heavy atom. The standard InChI is InChI=1S/C14H12BrN3O3/c15-11-3-1-2-4-12(11)18-14(21)17-8-10-7-9(13(19)20)5-6-16-10/h1-7H,8H2,(H,19,20)(H2,17,18,21). The number of halogens is 1. The number of rotatable bonds is 4. The van der Waals surface area contributed by atoms with E-state index >= 15 is 0 Å². The second-order valence-corrected chi connectivity index (χ2v) is 4.98. The number of anilines is 1. The number of hydrogen-bond donors (Lipinski definition) is 3. The van der Waals surface area contributed by atoms with Gasteiger partial charge in [0.2, 0.25) is 0 Å². The molecule has 0 radical (unpaired) electrons. The Balaban J connectivity index is 1.94. The second-order valence-electron chi connectivity index (χ2n) is 4.13. The number of nitrogens with zero attached hydrogens (tertiary/aromatic N) is 1. The van der Waals surface area contributed by atoms with Crippen molar-refractivity contribution in [1.82, 2.24) is 10.3 Å². The van der Waals surface area contributed by atoms with Gasteiger partial charge in [0.25, 0.3) is 0 Å².